The molecule has 0 aliphatic rings. The maximum absolute atomic E-state index is 11.4. The Morgan fingerprint density at radius 3 is 2.68 bits per heavy atom. The second-order valence-corrected chi connectivity index (χ2v) is 3.96. The van der Waals surface area contributed by atoms with E-state index in [0.29, 0.717) is 6.42 Å². The van der Waals surface area contributed by atoms with Crippen LogP contribution in [0.2, 0.25) is 0 Å². The van der Waals surface area contributed by atoms with Gasteiger partial charge in [-0.25, -0.2) is 0 Å². The summed E-state index contributed by atoms with van der Waals surface area (Å²) < 4.78 is 4.96. The summed E-state index contributed by atoms with van der Waals surface area (Å²) in [5.41, 5.74) is 0. The topological polar surface area (TPSA) is 87.7 Å². The van der Waals surface area contributed by atoms with Gasteiger partial charge in [-0.3, -0.25) is 9.59 Å². The zero-order valence-electron chi connectivity index (χ0n) is 11.3. The van der Waals surface area contributed by atoms with Crippen LogP contribution in [0.1, 0.15) is 26.2 Å². The first-order valence-corrected chi connectivity index (χ1v) is 6.32. The van der Waals surface area contributed by atoms with Gasteiger partial charge < -0.3 is 20.5 Å². The van der Waals surface area contributed by atoms with Gasteiger partial charge in [0.1, 0.15) is 6.61 Å². The highest BCUT2D eigenvalue weighted by Gasteiger charge is 2.09. The maximum atomic E-state index is 11.4. The SMILES string of the molecule is C#CCOCCC(=O)NCCC(=O)NC(CC)CO. The third kappa shape index (κ3) is 10.1. The summed E-state index contributed by atoms with van der Waals surface area (Å²) in [6, 6.07) is -0.222. The number of hydrogen-bond donors (Lipinski definition) is 3. The molecule has 0 saturated carbocycles. The molecule has 0 radical (unpaired) electrons. The molecule has 19 heavy (non-hydrogen) atoms. The van der Waals surface area contributed by atoms with Gasteiger partial charge in [0.2, 0.25) is 11.8 Å². The molecule has 0 fully saturated rings. The van der Waals surface area contributed by atoms with Crippen molar-refractivity contribution in [3.05, 3.63) is 0 Å². The van der Waals surface area contributed by atoms with Crippen molar-refractivity contribution in [2.75, 3.05) is 26.4 Å². The molecule has 2 amide bonds. The molecule has 6 heteroatoms. The van der Waals surface area contributed by atoms with E-state index in [0.717, 1.165) is 0 Å². The maximum Gasteiger partial charge on any atom is 0.222 e. The second-order valence-electron chi connectivity index (χ2n) is 3.96. The van der Waals surface area contributed by atoms with Crippen LogP contribution < -0.4 is 10.6 Å². The quantitative estimate of drug-likeness (QED) is 0.366. The summed E-state index contributed by atoms with van der Waals surface area (Å²) in [5.74, 6) is 1.93. The first-order valence-electron chi connectivity index (χ1n) is 6.32. The van der Waals surface area contributed by atoms with Gasteiger partial charge in [0, 0.05) is 13.0 Å². The molecule has 0 heterocycles. The number of ether oxygens (including phenoxy) is 1. The number of hydrogen-bond acceptors (Lipinski definition) is 4. The number of amides is 2. The van der Waals surface area contributed by atoms with Gasteiger partial charge in [-0.1, -0.05) is 12.8 Å². The van der Waals surface area contributed by atoms with E-state index >= 15 is 0 Å². The Hall–Kier alpha value is -1.58. The van der Waals surface area contributed by atoms with Crippen LogP contribution in [0.5, 0.6) is 0 Å². The predicted octanol–water partition coefficient (Wildman–Crippen LogP) is -0.580. The van der Waals surface area contributed by atoms with Crippen molar-refractivity contribution < 1.29 is 19.4 Å². The highest BCUT2D eigenvalue weighted by Crippen LogP contribution is 1.90. The Morgan fingerprint density at radius 2 is 2.11 bits per heavy atom. The molecule has 0 aliphatic heterocycles. The van der Waals surface area contributed by atoms with Crippen LogP contribution in [-0.2, 0) is 14.3 Å². The minimum atomic E-state index is -0.222. The monoisotopic (exact) mass is 270 g/mol. The highest BCUT2D eigenvalue weighted by molar-refractivity contribution is 5.79. The summed E-state index contributed by atoms with van der Waals surface area (Å²) in [4.78, 5) is 22.7. The molecule has 0 spiro atoms. The van der Waals surface area contributed by atoms with Crippen molar-refractivity contribution in [2.45, 2.75) is 32.2 Å². The molecule has 0 aromatic carbocycles. The fourth-order valence-corrected chi connectivity index (χ4v) is 1.28. The van der Waals surface area contributed by atoms with Crippen LogP contribution in [-0.4, -0.2) is 49.3 Å². The number of terminal acetylenes is 1. The van der Waals surface area contributed by atoms with Crippen molar-refractivity contribution in [2.24, 2.45) is 0 Å². The van der Waals surface area contributed by atoms with Gasteiger partial charge in [0.25, 0.3) is 0 Å². The normalized spacial score (nSPS) is 11.4. The molecular formula is C13H22N2O4. The average molecular weight is 270 g/mol. The van der Waals surface area contributed by atoms with Gasteiger partial charge >= 0.3 is 0 Å². The Kier molecular flexibility index (Phi) is 10.6. The lowest BCUT2D eigenvalue weighted by atomic mass is 10.2. The van der Waals surface area contributed by atoms with Crippen LogP contribution >= 0.6 is 0 Å². The van der Waals surface area contributed by atoms with Crippen LogP contribution in [0.3, 0.4) is 0 Å². The van der Waals surface area contributed by atoms with Crippen LogP contribution in [0, 0.1) is 12.3 Å². The highest BCUT2D eigenvalue weighted by atomic mass is 16.5. The van der Waals surface area contributed by atoms with E-state index in [1.807, 2.05) is 6.92 Å². The molecule has 0 saturated heterocycles. The summed E-state index contributed by atoms with van der Waals surface area (Å²) in [6.45, 7) is 2.52. The summed E-state index contributed by atoms with van der Waals surface area (Å²) >= 11 is 0. The summed E-state index contributed by atoms with van der Waals surface area (Å²) in [5, 5.41) is 14.2. The molecule has 3 N–H and O–H groups in total. The number of carbonyl (C=O) groups is 2. The number of nitrogens with one attached hydrogen (secondary N) is 2. The molecule has 1 unspecified atom stereocenters. The first kappa shape index (κ1) is 17.4. The Bertz CT molecular complexity index is 308. The van der Waals surface area contributed by atoms with Crippen LogP contribution in [0.15, 0.2) is 0 Å². The Labute approximate surface area is 113 Å². The van der Waals surface area contributed by atoms with Crippen molar-refractivity contribution in [3.8, 4) is 12.3 Å². The third-order valence-corrected chi connectivity index (χ3v) is 2.41. The molecule has 0 rings (SSSR count). The van der Waals surface area contributed by atoms with Crippen LogP contribution in [0.25, 0.3) is 0 Å². The molecule has 0 aromatic rings. The van der Waals surface area contributed by atoms with Crippen molar-refractivity contribution in [1.82, 2.24) is 10.6 Å². The van der Waals surface area contributed by atoms with E-state index < -0.39 is 0 Å². The lowest BCUT2D eigenvalue weighted by Gasteiger charge is -2.13. The Balaban J connectivity index is 3.59. The van der Waals surface area contributed by atoms with E-state index in [1.54, 1.807) is 0 Å². The predicted molar refractivity (Wildman–Crippen MR) is 71.2 cm³/mol. The van der Waals surface area contributed by atoms with Gasteiger partial charge in [-0.2, -0.15) is 0 Å². The molecule has 1 atom stereocenters. The number of carbonyl (C=O) groups excluding carboxylic acids is 2. The van der Waals surface area contributed by atoms with Crippen molar-refractivity contribution >= 4 is 11.8 Å². The standard InChI is InChI=1S/C13H22N2O4/c1-3-8-19-9-6-12(17)14-7-5-13(18)15-11(4-2)10-16/h1,11,16H,4-10H2,2H3,(H,14,17)(H,15,18). The van der Waals surface area contributed by atoms with Gasteiger partial charge in [-0.15, -0.1) is 6.42 Å². The lowest BCUT2D eigenvalue weighted by Crippen LogP contribution is -2.38. The number of aliphatic hydroxyl groups excluding tert-OH is 1. The van der Waals surface area contributed by atoms with Gasteiger partial charge in [0.05, 0.1) is 25.7 Å². The lowest BCUT2D eigenvalue weighted by molar-refractivity contribution is -0.123. The van der Waals surface area contributed by atoms with E-state index in [4.69, 9.17) is 16.3 Å². The first-order chi connectivity index (χ1) is 9.13. The van der Waals surface area contributed by atoms with Crippen LogP contribution in [0.4, 0.5) is 0 Å². The van der Waals surface area contributed by atoms with E-state index in [1.165, 1.54) is 0 Å². The third-order valence-electron chi connectivity index (χ3n) is 2.41. The molecule has 0 bridgehead atoms. The zero-order valence-corrected chi connectivity index (χ0v) is 11.3. The molecule has 0 aliphatic carbocycles. The van der Waals surface area contributed by atoms with Crippen molar-refractivity contribution in [1.29, 1.82) is 0 Å². The summed E-state index contributed by atoms with van der Waals surface area (Å²) in [6.07, 6.45) is 6.06. The number of rotatable bonds is 10. The minimum absolute atomic E-state index is 0.0822. The minimum Gasteiger partial charge on any atom is -0.394 e. The van der Waals surface area contributed by atoms with E-state index in [9.17, 15) is 9.59 Å². The molecule has 6 nitrogen and oxygen atoms in total. The van der Waals surface area contributed by atoms with E-state index in [-0.39, 0.29) is 57.1 Å². The fraction of sp³-hybridized carbons (Fsp3) is 0.692. The zero-order chi connectivity index (χ0) is 14.5. The average Bonchev–Trinajstić information content (AvgIpc) is 2.41. The largest absolute Gasteiger partial charge is 0.394 e. The molecular weight excluding hydrogens is 248 g/mol. The molecule has 0 aromatic heterocycles. The van der Waals surface area contributed by atoms with Gasteiger partial charge in [0.15, 0.2) is 0 Å². The fourth-order valence-electron chi connectivity index (χ4n) is 1.28. The Morgan fingerprint density at radius 1 is 1.37 bits per heavy atom. The van der Waals surface area contributed by atoms with Crippen molar-refractivity contribution in [3.63, 3.8) is 0 Å². The van der Waals surface area contributed by atoms with E-state index in [2.05, 4.69) is 16.6 Å². The summed E-state index contributed by atoms with van der Waals surface area (Å²) in [7, 11) is 0. The molecule has 108 valence electrons. The van der Waals surface area contributed by atoms with Gasteiger partial charge in [-0.05, 0) is 6.42 Å². The second kappa shape index (κ2) is 11.5. The number of aliphatic hydroxyl groups is 1. The smallest absolute Gasteiger partial charge is 0.222 e.